The Kier molecular flexibility index (Phi) is 4.37. The van der Waals surface area contributed by atoms with Crippen molar-refractivity contribution < 1.29 is 18.7 Å². The predicted octanol–water partition coefficient (Wildman–Crippen LogP) is 2.23. The summed E-state index contributed by atoms with van der Waals surface area (Å²) in [5, 5.41) is 0. The van der Waals surface area contributed by atoms with Gasteiger partial charge in [0.05, 0.1) is 31.9 Å². The molecule has 0 aromatic heterocycles. The Bertz CT molecular complexity index is 464. The van der Waals surface area contributed by atoms with Crippen LogP contribution in [-0.4, -0.2) is 38.9 Å². The van der Waals surface area contributed by atoms with Crippen molar-refractivity contribution in [3.8, 4) is 0 Å². The highest BCUT2D eigenvalue weighted by molar-refractivity contribution is 5.90. The van der Waals surface area contributed by atoms with Crippen molar-refractivity contribution in [1.29, 1.82) is 0 Å². The first-order chi connectivity index (χ1) is 9.15. The Balaban J connectivity index is 2.32. The van der Waals surface area contributed by atoms with E-state index in [2.05, 4.69) is 16.6 Å². The van der Waals surface area contributed by atoms with E-state index in [1.165, 1.54) is 19.2 Å². The quantitative estimate of drug-likeness (QED) is 0.787. The molecule has 1 aliphatic rings. The fraction of sp³-hybridized carbons (Fsp3) is 0.500. The summed E-state index contributed by atoms with van der Waals surface area (Å²) >= 11 is 0. The first kappa shape index (κ1) is 13.8. The minimum absolute atomic E-state index is 0.209. The number of methoxy groups -OCH3 is 1. The maximum absolute atomic E-state index is 13.6. The van der Waals surface area contributed by atoms with Crippen molar-refractivity contribution in [3.63, 3.8) is 0 Å². The molecule has 1 aromatic carbocycles. The number of anilines is 1. The summed E-state index contributed by atoms with van der Waals surface area (Å²) in [5.74, 6) is -0.957. The fourth-order valence-electron chi connectivity index (χ4n) is 2.31. The number of hydrogen-bond acceptors (Lipinski definition) is 4. The molecular formula is C14H18FNO3. The third-order valence-corrected chi connectivity index (χ3v) is 3.33. The molecule has 0 aliphatic carbocycles. The van der Waals surface area contributed by atoms with E-state index >= 15 is 0 Å². The zero-order valence-electron chi connectivity index (χ0n) is 11.2. The Morgan fingerprint density at radius 2 is 2.32 bits per heavy atom. The molecule has 1 aliphatic heterocycles. The van der Waals surface area contributed by atoms with E-state index < -0.39 is 11.8 Å². The summed E-state index contributed by atoms with van der Waals surface area (Å²) in [4.78, 5) is 13.6. The largest absolute Gasteiger partial charge is 0.465 e. The van der Waals surface area contributed by atoms with Crippen molar-refractivity contribution >= 4 is 11.7 Å². The van der Waals surface area contributed by atoms with Gasteiger partial charge in [0.1, 0.15) is 5.82 Å². The van der Waals surface area contributed by atoms with Crippen LogP contribution in [0, 0.1) is 5.82 Å². The number of halogens is 1. The van der Waals surface area contributed by atoms with Gasteiger partial charge in [0.2, 0.25) is 0 Å². The average Bonchev–Trinajstić information content (AvgIpc) is 2.45. The van der Waals surface area contributed by atoms with Gasteiger partial charge in [0.15, 0.2) is 0 Å². The molecule has 0 radical (unpaired) electrons. The van der Waals surface area contributed by atoms with Crippen LogP contribution in [0.4, 0.5) is 10.1 Å². The number of morpholine rings is 1. The van der Waals surface area contributed by atoms with Crippen molar-refractivity contribution in [2.75, 3.05) is 31.8 Å². The van der Waals surface area contributed by atoms with E-state index in [0.29, 0.717) is 25.4 Å². The second-order valence-electron chi connectivity index (χ2n) is 4.52. The lowest BCUT2D eigenvalue weighted by Gasteiger charge is -2.37. The monoisotopic (exact) mass is 267 g/mol. The number of esters is 1. The minimum atomic E-state index is -0.526. The Hall–Kier alpha value is -1.62. The zero-order valence-corrected chi connectivity index (χ0v) is 11.2. The standard InChI is InChI=1S/C14H18FNO3/c1-3-12-9-19-5-4-16(12)13-7-10(14(17)18-2)6-11(15)8-13/h6-8,12H,3-5,9H2,1-2H3. The molecule has 19 heavy (non-hydrogen) atoms. The van der Waals surface area contributed by atoms with Crippen LogP contribution in [0.5, 0.6) is 0 Å². The molecule has 1 fully saturated rings. The smallest absolute Gasteiger partial charge is 0.338 e. The molecule has 0 saturated carbocycles. The molecule has 4 nitrogen and oxygen atoms in total. The fourth-order valence-corrected chi connectivity index (χ4v) is 2.31. The Morgan fingerprint density at radius 1 is 1.53 bits per heavy atom. The number of ether oxygens (including phenoxy) is 2. The van der Waals surface area contributed by atoms with E-state index in [1.807, 2.05) is 0 Å². The van der Waals surface area contributed by atoms with Crippen LogP contribution < -0.4 is 4.90 Å². The minimum Gasteiger partial charge on any atom is -0.465 e. The van der Waals surface area contributed by atoms with E-state index in [4.69, 9.17) is 4.74 Å². The van der Waals surface area contributed by atoms with Crippen LogP contribution in [-0.2, 0) is 9.47 Å². The van der Waals surface area contributed by atoms with Crippen molar-refractivity contribution in [2.45, 2.75) is 19.4 Å². The van der Waals surface area contributed by atoms with E-state index in [0.717, 1.165) is 6.42 Å². The van der Waals surface area contributed by atoms with Gasteiger partial charge in [-0.1, -0.05) is 6.92 Å². The molecule has 1 unspecified atom stereocenters. The summed E-state index contributed by atoms with van der Waals surface area (Å²) < 4.78 is 23.7. The summed E-state index contributed by atoms with van der Waals surface area (Å²) in [6.45, 7) is 4.00. The molecule has 2 rings (SSSR count). The molecule has 1 atom stereocenters. The number of benzene rings is 1. The van der Waals surface area contributed by atoms with Gasteiger partial charge >= 0.3 is 5.97 Å². The predicted molar refractivity (Wildman–Crippen MR) is 70.0 cm³/mol. The van der Waals surface area contributed by atoms with Crippen LogP contribution in [0.2, 0.25) is 0 Å². The average molecular weight is 267 g/mol. The number of hydrogen-bond donors (Lipinski definition) is 0. The molecule has 1 aromatic rings. The summed E-state index contributed by atoms with van der Waals surface area (Å²) in [7, 11) is 1.29. The molecule has 0 bridgehead atoms. The van der Waals surface area contributed by atoms with Gasteiger partial charge in [-0.05, 0) is 24.6 Å². The first-order valence-corrected chi connectivity index (χ1v) is 6.39. The summed E-state index contributed by atoms with van der Waals surface area (Å²) in [6.07, 6.45) is 0.907. The van der Waals surface area contributed by atoms with Gasteiger partial charge in [-0.25, -0.2) is 9.18 Å². The van der Waals surface area contributed by atoms with E-state index in [9.17, 15) is 9.18 Å². The second-order valence-corrected chi connectivity index (χ2v) is 4.52. The SMILES string of the molecule is CCC1COCCN1c1cc(F)cc(C(=O)OC)c1. The molecule has 0 N–H and O–H groups in total. The molecule has 1 saturated heterocycles. The molecule has 104 valence electrons. The topological polar surface area (TPSA) is 38.8 Å². The van der Waals surface area contributed by atoms with Crippen LogP contribution in [0.25, 0.3) is 0 Å². The Morgan fingerprint density at radius 3 is 3.00 bits per heavy atom. The molecule has 5 heteroatoms. The van der Waals surface area contributed by atoms with Crippen molar-refractivity contribution in [2.24, 2.45) is 0 Å². The maximum atomic E-state index is 13.6. The number of rotatable bonds is 3. The lowest BCUT2D eigenvalue weighted by molar-refractivity contribution is 0.0600. The van der Waals surface area contributed by atoms with Gasteiger partial charge in [0.25, 0.3) is 0 Å². The molecule has 1 heterocycles. The normalized spacial score (nSPS) is 19.3. The number of carbonyl (C=O) groups is 1. The highest BCUT2D eigenvalue weighted by Gasteiger charge is 2.23. The van der Waals surface area contributed by atoms with Gasteiger partial charge in [-0.3, -0.25) is 0 Å². The lowest BCUT2D eigenvalue weighted by Crippen LogP contribution is -2.45. The zero-order chi connectivity index (χ0) is 13.8. The summed E-state index contributed by atoms with van der Waals surface area (Å²) in [6, 6.07) is 4.51. The van der Waals surface area contributed by atoms with Crippen molar-refractivity contribution in [3.05, 3.63) is 29.6 Å². The van der Waals surface area contributed by atoms with Crippen LogP contribution in [0.15, 0.2) is 18.2 Å². The molecule has 0 amide bonds. The van der Waals surface area contributed by atoms with E-state index in [-0.39, 0.29) is 11.6 Å². The van der Waals surface area contributed by atoms with E-state index in [1.54, 1.807) is 6.07 Å². The highest BCUT2D eigenvalue weighted by atomic mass is 19.1. The molecular weight excluding hydrogens is 249 g/mol. The van der Waals surface area contributed by atoms with Crippen LogP contribution in [0.1, 0.15) is 23.7 Å². The third kappa shape index (κ3) is 3.04. The van der Waals surface area contributed by atoms with Gasteiger partial charge in [0, 0.05) is 12.2 Å². The second kappa shape index (κ2) is 6.02. The highest BCUT2D eigenvalue weighted by Crippen LogP contribution is 2.24. The third-order valence-electron chi connectivity index (χ3n) is 3.33. The first-order valence-electron chi connectivity index (χ1n) is 6.39. The van der Waals surface area contributed by atoms with Gasteiger partial charge in [-0.15, -0.1) is 0 Å². The Labute approximate surface area is 112 Å². The summed E-state index contributed by atoms with van der Waals surface area (Å²) in [5.41, 5.74) is 0.939. The lowest BCUT2D eigenvalue weighted by atomic mass is 10.1. The maximum Gasteiger partial charge on any atom is 0.338 e. The van der Waals surface area contributed by atoms with Crippen LogP contribution in [0.3, 0.4) is 0 Å². The number of carbonyl (C=O) groups excluding carboxylic acids is 1. The van der Waals surface area contributed by atoms with Crippen molar-refractivity contribution in [1.82, 2.24) is 0 Å². The number of nitrogens with zero attached hydrogens (tertiary/aromatic N) is 1. The van der Waals surface area contributed by atoms with Crippen LogP contribution >= 0.6 is 0 Å². The molecule has 0 spiro atoms. The van der Waals surface area contributed by atoms with Gasteiger partial charge in [-0.2, -0.15) is 0 Å². The van der Waals surface area contributed by atoms with Gasteiger partial charge < -0.3 is 14.4 Å².